The fraction of sp³-hybridized carbons (Fsp3) is 0.818. The van der Waals surface area contributed by atoms with Gasteiger partial charge in [-0.25, -0.2) is 8.42 Å². The number of carbonyl (C=O) groups excluding carboxylic acids is 1. The highest BCUT2D eigenvalue weighted by atomic mass is 32.2. The Morgan fingerprint density at radius 3 is 2.39 bits per heavy atom. The van der Waals surface area contributed by atoms with Gasteiger partial charge in [-0.15, -0.1) is 0 Å². The summed E-state index contributed by atoms with van der Waals surface area (Å²) in [4.78, 5) is 24.1. The summed E-state index contributed by atoms with van der Waals surface area (Å²) in [5.41, 5.74) is 0. The van der Waals surface area contributed by atoms with E-state index in [4.69, 9.17) is 5.11 Å². The van der Waals surface area contributed by atoms with E-state index in [-0.39, 0.29) is 29.9 Å². The molecule has 0 saturated carbocycles. The van der Waals surface area contributed by atoms with Crippen molar-refractivity contribution in [2.24, 2.45) is 11.8 Å². The third kappa shape index (κ3) is 4.29. The Morgan fingerprint density at radius 2 is 2.00 bits per heavy atom. The highest BCUT2D eigenvalue weighted by molar-refractivity contribution is 7.91. The molecular formula is C11H19NO5S. The third-order valence-corrected chi connectivity index (χ3v) is 4.57. The van der Waals surface area contributed by atoms with E-state index in [1.807, 2.05) is 13.8 Å². The average molecular weight is 277 g/mol. The molecule has 0 radical (unpaired) electrons. The Morgan fingerprint density at radius 1 is 1.39 bits per heavy atom. The molecule has 6 nitrogen and oxygen atoms in total. The number of carboxylic acid groups (broad SMARTS) is 1. The summed E-state index contributed by atoms with van der Waals surface area (Å²) < 4.78 is 22.7. The zero-order valence-corrected chi connectivity index (χ0v) is 11.4. The molecule has 1 amide bonds. The van der Waals surface area contributed by atoms with Crippen LogP contribution in [-0.2, 0) is 19.4 Å². The van der Waals surface area contributed by atoms with E-state index in [0.29, 0.717) is 13.0 Å². The maximum atomic E-state index is 12.1. The molecule has 0 aromatic heterocycles. The molecular weight excluding hydrogens is 258 g/mol. The molecule has 104 valence electrons. The van der Waals surface area contributed by atoms with E-state index in [1.54, 1.807) is 0 Å². The molecule has 1 N–H and O–H groups in total. The lowest BCUT2D eigenvalue weighted by atomic mass is 10.1. The largest absolute Gasteiger partial charge is 0.480 e. The number of carbonyl (C=O) groups is 2. The fourth-order valence-corrected chi connectivity index (χ4v) is 3.82. The van der Waals surface area contributed by atoms with Crippen molar-refractivity contribution in [2.75, 3.05) is 24.6 Å². The lowest BCUT2D eigenvalue weighted by Gasteiger charge is -2.25. The molecule has 0 aromatic carbocycles. The number of hydrogen-bond acceptors (Lipinski definition) is 4. The zero-order valence-electron chi connectivity index (χ0n) is 10.6. The fourth-order valence-electron chi connectivity index (χ4n) is 2.08. The number of sulfone groups is 1. The molecule has 0 spiro atoms. The number of aliphatic carboxylic acids is 1. The van der Waals surface area contributed by atoms with Crippen molar-refractivity contribution in [2.45, 2.75) is 20.3 Å². The summed E-state index contributed by atoms with van der Waals surface area (Å²) in [6.45, 7) is 3.73. The molecule has 0 bridgehead atoms. The van der Waals surface area contributed by atoms with Crippen molar-refractivity contribution in [3.63, 3.8) is 0 Å². The first-order valence-corrected chi connectivity index (χ1v) is 7.74. The minimum Gasteiger partial charge on any atom is -0.480 e. The van der Waals surface area contributed by atoms with Crippen molar-refractivity contribution in [1.82, 2.24) is 4.90 Å². The van der Waals surface area contributed by atoms with Crippen LogP contribution in [0, 0.1) is 11.8 Å². The third-order valence-electron chi connectivity index (χ3n) is 2.81. The van der Waals surface area contributed by atoms with Crippen molar-refractivity contribution in [1.29, 1.82) is 0 Å². The van der Waals surface area contributed by atoms with Crippen molar-refractivity contribution in [3.8, 4) is 0 Å². The summed E-state index contributed by atoms with van der Waals surface area (Å²) in [7, 11) is -3.13. The molecule has 1 fully saturated rings. The van der Waals surface area contributed by atoms with Gasteiger partial charge in [0, 0.05) is 6.54 Å². The topological polar surface area (TPSA) is 91.8 Å². The molecule has 1 saturated heterocycles. The van der Waals surface area contributed by atoms with Gasteiger partial charge < -0.3 is 10.0 Å². The summed E-state index contributed by atoms with van der Waals surface area (Å²) in [6, 6.07) is 0. The van der Waals surface area contributed by atoms with E-state index in [2.05, 4.69) is 0 Å². The van der Waals surface area contributed by atoms with Crippen LogP contribution in [0.15, 0.2) is 0 Å². The van der Waals surface area contributed by atoms with E-state index in [1.165, 1.54) is 4.90 Å². The molecule has 1 aliphatic heterocycles. The smallest absolute Gasteiger partial charge is 0.323 e. The van der Waals surface area contributed by atoms with Crippen LogP contribution in [0.1, 0.15) is 20.3 Å². The molecule has 1 rings (SSSR count). The average Bonchev–Trinajstić information content (AvgIpc) is 2.55. The van der Waals surface area contributed by atoms with E-state index < -0.39 is 21.7 Å². The van der Waals surface area contributed by atoms with E-state index in [9.17, 15) is 18.0 Å². The van der Waals surface area contributed by atoms with Gasteiger partial charge in [0.25, 0.3) is 0 Å². The van der Waals surface area contributed by atoms with Gasteiger partial charge in [-0.05, 0) is 12.3 Å². The van der Waals surface area contributed by atoms with Crippen LogP contribution in [0.3, 0.4) is 0 Å². The maximum Gasteiger partial charge on any atom is 0.323 e. The highest BCUT2D eigenvalue weighted by Gasteiger charge is 2.35. The van der Waals surface area contributed by atoms with E-state index >= 15 is 0 Å². The van der Waals surface area contributed by atoms with Gasteiger partial charge >= 0.3 is 5.97 Å². The number of amides is 1. The lowest BCUT2D eigenvalue weighted by molar-refractivity contribution is -0.146. The monoisotopic (exact) mass is 277 g/mol. The Bertz CT molecular complexity index is 429. The van der Waals surface area contributed by atoms with Gasteiger partial charge in [0.15, 0.2) is 9.84 Å². The maximum absolute atomic E-state index is 12.1. The Hall–Kier alpha value is -1.11. The lowest BCUT2D eigenvalue weighted by Crippen LogP contribution is -2.42. The van der Waals surface area contributed by atoms with Crippen LogP contribution in [0.2, 0.25) is 0 Å². The van der Waals surface area contributed by atoms with Crippen LogP contribution in [0.5, 0.6) is 0 Å². The predicted molar refractivity (Wildman–Crippen MR) is 65.8 cm³/mol. The second-order valence-corrected chi connectivity index (χ2v) is 7.34. The number of nitrogens with zero attached hydrogens (tertiary/aromatic N) is 1. The first-order valence-electron chi connectivity index (χ1n) is 5.92. The minimum absolute atomic E-state index is 0.0198. The number of hydrogen-bond donors (Lipinski definition) is 1. The summed E-state index contributed by atoms with van der Waals surface area (Å²) >= 11 is 0. The van der Waals surface area contributed by atoms with Gasteiger partial charge in [0.05, 0.1) is 17.4 Å². The SMILES string of the molecule is CC(C)CN(CC(=O)O)C(=O)[C@@H]1CCS(=O)(=O)C1. The van der Waals surface area contributed by atoms with E-state index in [0.717, 1.165) is 0 Å². The molecule has 0 unspecified atom stereocenters. The number of carboxylic acids is 1. The highest BCUT2D eigenvalue weighted by Crippen LogP contribution is 2.21. The van der Waals surface area contributed by atoms with Crippen LogP contribution < -0.4 is 0 Å². The standard InChI is InChI=1S/C11H19NO5S/c1-8(2)5-12(6-10(13)14)11(15)9-3-4-18(16,17)7-9/h8-9H,3-7H2,1-2H3,(H,13,14)/t9-/m1/s1. The molecule has 1 heterocycles. The molecule has 1 aliphatic rings. The van der Waals surface area contributed by atoms with Gasteiger partial charge in [-0.3, -0.25) is 9.59 Å². The quantitative estimate of drug-likeness (QED) is 0.763. The van der Waals surface area contributed by atoms with Gasteiger partial charge in [0.1, 0.15) is 6.54 Å². The summed E-state index contributed by atoms with van der Waals surface area (Å²) in [5, 5.41) is 8.78. The first kappa shape index (κ1) is 14.9. The van der Waals surface area contributed by atoms with Crippen LogP contribution in [0.25, 0.3) is 0 Å². The minimum atomic E-state index is -3.13. The second-order valence-electron chi connectivity index (χ2n) is 5.11. The van der Waals surface area contributed by atoms with Crippen LogP contribution >= 0.6 is 0 Å². The summed E-state index contributed by atoms with van der Waals surface area (Å²) in [6.07, 6.45) is 0.301. The zero-order chi connectivity index (χ0) is 13.9. The van der Waals surface area contributed by atoms with Crippen molar-refractivity contribution >= 4 is 21.7 Å². The Balaban J connectivity index is 2.73. The first-order chi connectivity index (χ1) is 8.21. The predicted octanol–water partition coefficient (Wildman–Crippen LogP) is -0.00970. The van der Waals surface area contributed by atoms with Gasteiger partial charge in [-0.1, -0.05) is 13.8 Å². The van der Waals surface area contributed by atoms with Crippen molar-refractivity contribution in [3.05, 3.63) is 0 Å². The van der Waals surface area contributed by atoms with Crippen LogP contribution in [0.4, 0.5) is 0 Å². The van der Waals surface area contributed by atoms with Crippen LogP contribution in [-0.4, -0.2) is 54.9 Å². The molecule has 0 aliphatic carbocycles. The Labute approximate surface area is 107 Å². The normalized spacial score (nSPS) is 22.1. The van der Waals surface area contributed by atoms with Gasteiger partial charge in [-0.2, -0.15) is 0 Å². The molecule has 7 heteroatoms. The Kier molecular flexibility index (Phi) is 4.72. The summed E-state index contributed by atoms with van der Waals surface area (Å²) in [5.74, 6) is -2.00. The van der Waals surface area contributed by atoms with Gasteiger partial charge in [0.2, 0.25) is 5.91 Å². The number of rotatable bonds is 5. The second kappa shape index (κ2) is 5.69. The molecule has 18 heavy (non-hydrogen) atoms. The van der Waals surface area contributed by atoms with Crippen molar-refractivity contribution < 1.29 is 23.1 Å². The molecule has 0 aromatic rings. The molecule has 1 atom stereocenters.